The first-order chi connectivity index (χ1) is 8.50. The number of carbonyl (C=O) groups is 1. The molecule has 1 rings (SSSR count). The molecule has 18 heavy (non-hydrogen) atoms. The molecule has 0 heterocycles. The van der Waals surface area contributed by atoms with Gasteiger partial charge >= 0.3 is 0 Å². The van der Waals surface area contributed by atoms with Gasteiger partial charge in [-0.3, -0.25) is 4.79 Å². The van der Waals surface area contributed by atoms with Crippen molar-refractivity contribution in [2.45, 2.75) is 26.7 Å². The fourth-order valence-corrected chi connectivity index (χ4v) is 2.01. The number of aldehydes is 1. The molecule has 1 aromatic rings. The van der Waals surface area contributed by atoms with E-state index in [1.807, 2.05) is 19.9 Å². The molecule has 0 radical (unpaired) electrons. The monoisotopic (exact) mass is 309 g/mol. The second-order valence-corrected chi connectivity index (χ2v) is 5.58. The highest BCUT2D eigenvalue weighted by molar-refractivity contribution is 9.10. The number of halogens is 1. The van der Waals surface area contributed by atoms with Crippen molar-refractivity contribution in [2.75, 3.05) is 6.61 Å². The van der Waals surface area contributed by atoms with Crippen LogP contribution >= 0.6 is 15.9 Å². The molecule has 4 heteroatoms. The van der Waals surface area contributed by atoms with E-state index in [1.54, 1.807) is 12.1 Å². The number of benzene rings is 1. The van der Waals surface area contributed by atoms with Gasteiger partial charge in [-0.05, 0) is 54.8 Å². The van der Waals surface area contributed by atoms with Crippen molar-refractivity contribution >= 4 is 22.2 Å². The van der Waals surface area contributed by atoms with Crippen LogP contribution in [0, 0.1) is 16.7 Å². The number of nitrogens with zero attached hydrogens (tertiary/aromatic N) is 1. The lowest BCUT2D eigenvalue weighted by Gasteiger charge is -2.15. The summed E-state index contributed by atoms with van der Waals surface area (Å²) < 4.78 is 6.38. The van der Waals surface area contributed by atoms with E-state index < -0.39 is 0 Å². The highest BCUT2D eigenvalue weighted by atomic mass is 79.9. The van der Waals surface area contributed by atoms with Crippen LogP contribution in [0.3, 0.4) is 0 Å². The molecule has 0 atom stereocenters. The summed E-state index contributed by atoms with van der Waals surface area (Å²) in [6.07, 6.45) is 2.32. The highest BCUT2D eigenvalue weighted by Crippen LogP contribution is 2.28. The van der Waals surface area contributed by atoms with E-state index in [0.717, 1.165) is 23.6 Å². The first-order valence-electron chi connectivity index (χ1n) is 5.78. The van der Waals surface area contributed by atoms with E-state index in [1.165, 1.54) is 0 Å². The SMILES string of the molecule is CC(C)(C#N)CCCOc1c(Br)cccc1C=O. The average molecular weight is 310 g/mol. The summed E-state index contributed by atoms with van der Waals surface area (Å²) in [6, 6.07) is 7.59. The smallest absolute Gasteiger partial charge is 0.153 e. The second-order valence-electron chi connectivity index (χ2n) is 4.72. The summed E-state index contributed by atoms with van der Waals surface area (Å²) in [7, 11) is 0. The van der Waals surface area contributed by atoms with Crippen LogP contribution in [0.1, 0.15) is 37.0 Å². The molecule has 0 saturated heterocycles. The third-order valence-corrected chi connectivity index (χ3v) is 3.24. The standard InChI is InChI=1S/C14H16BrNO2/c1-14(2,10-16)7-4-8-18-13-11(9-17)5-3-6-12(13)15/h3,5-6,9H,4,7-8H2,1-2H3. The number of para-hydroxylation sites is 1. The quantitative estimate of drug-likeness (QED) is 0.590. The van der Waals surface area contributed by atoms with Crippen molar-refractivity contribution < 1.29 is 9.53 Å². The third-order valence-electron chi connectivity index (χ3n) is 2.62. The Bertz CT molecular complexity index is 463. The molecule has 0 aliphatic carbocycles. The Labute approximate surface area is 116 Å². The van der Waals surface area contributed by atoms with Crippen molar-refractivity contribution in [3.8, 4) is 11.8 Å². The molecule has 0 N–H and O–H groups in total. The van der Waals surface area contributed by atoms with Crippen LogP contribution in [0.2, 0.25) is 0 Å². The molecule has 0 fully saturated rings. The zero-order chi connectivity index (χ0) is 13.6. The van der Waals surface area contributed by atoms with Gasteiger partial charge in [0, 0.05) is 0 Å². The first-order valence-corrected chi connectivity index (χ1v) is 6.57. The van der Waals surface area contributed by atoms with Crippen molar-refractivity contribution in [1.29, 1.82) is 5.26 Å². The minimum absolute atomic E-state index is 0.329. The number of hydrogen-bond acceptors (Lipinski definition) is 3. The lowest BCUT2D eigenvalue weighted by Crippen LogP contribution is -2.10. The highest BCUT2D eigenvalue weighted by Gasteiger charge is 2.16. The fourth-order valence-electron chi connectivity index (χ4n) is 1.51. The van der Waals surface area contributed by atoms with Gasteiger partial charge in [-0.1, -0.05) is 6.07 Å². The summed E-state index contributed by atoms with van der Waals surface area (Å²) >= 11 is 3.36. The lowest BCUT2D eigenvalue weighted by molar-refractivity contribution is 0.111. The Kier molecular flexibility index (Phi) is 5.36. The van der Waals surface area contributed by atoms with E-state index in [0.29, 0.717) is 17.9 Å². The van der Waals surface area contributed by atoms with Crippen LogP contribution in [0.5, 0.6) is 5.75 Å². The van der Waals surface area contributed by atoms with Crippen molar-refractivity contribution in [3.05, 3.63) is 28.2 Å². The lowest BCUT2D eigenvalue weighted by atomic mass is 9.90. The number of hydrogen-bond donors (Lipinski definition) is 0. The van der Waals surface area contributed by atoms with Crippen LogP contribution in [0.25, 0.3) is 0 Å². The van der Waals surface area contributed by atoms with E-state index >= 15 is 0 Å². The fraction of sp³-hybridized carbons (Fsp3) is 0.429. The number of ether oxygens (including phenoxy) is 1. The Balaban J connectivity index is 2.55. The first kappa shape index (κ1) is 14.7. The molecule has 1 aromatic carbocycles. The predicted molar refractivity (Wildman–Crippen MR) is 73.7 cm³/mol. The van der Waals surface area contributed by atoms with Crippen molar-refractivity contribution in [1.82, 2.24) is 0 Å². The zero-order valence-electron chi connectivity index (χ0n) is 10.6. The van der Waals surface area contributed by atoms with E-state index in [2.05, 4.69) is 22.0 Å². The normalized spacial score (nSPS) is 10.8. The van der Waals surface area contributed by atoms with E-state index in [9.17, 15) is 4.79 Å². The maximum absolute atomic E-state index is 10.9. The predicted octanol–water partition coefficient (Wildman–Crippen LogP) is 3.97. The van der Waals surface area contributed by atoms with Crippen molar-refractivity contribution in [3.63, 3.8) is 0 Å². The Morgan fingerprint density at radius 2 is 2.22 bits per heavy atom. The summed E-state index contributed by atoms with van der Waals surface area (Å²) in [6.45, 7) is 4.30. The summed E-state index contributed by atoms with van der Waals surface area (Å²) in [5, 5.41) is 8.89. The summed E-state index contributed by atoms with van der Waals surface area (Å²) in [5.41, 5.74) is 0.203. The molecular formula is C14H16BrNO2. The molecule has 0 saturated carbocycles. The van der Waals surface area contributed by atoms with Gasteiger partial charge < -0.3 is 4.74 Å². The van der Waals surface area contributed by atoms with Gasteiger partial charge in [0.1, 0.15) is 5.75 Å². The van der Waals surface area contributed by atoms with Gasteiger partial charge in [0.25, 0.3) is 0 Å². The minimum Gasteiger partial charge on any atom is -0.492 e. The average Bonchev–Trinajstić information content (AvgIpc) is 2.36. The minimum atomic E-state index is -0.329. The number of nitriles is 1. The van der Waals surface area contributed by atoms with Crippen LogP contribution < -0.4 is 4.74 Å². The maximum atomic E-state index is 10.9. The summed E-state index contributed by atoms with van der Waals surface area (Å²) in [4.78, 5) is 10.9. The molecular weight excluding hydrogens is 294 g/mol. The molecule has 0 spiro atoms. The van der Waals surface area contributed by atoms with Crippen LogP contribution in [0.4, 0.5) is 0 Å². The largest absolute Gasteiger partial charge is 0.492 e. The maximum Gasteiger partial charge on any atom is 0.153 e. The Hall–Kier alpha value is -1.34. The van der Waals surface area contributed by atoms with Gasteiger partial charge in [0.2, 0.25) is 0 Å². The summed E-state index contributed by atoms with van der Waals surface area (Å²) in [5.74, 6) is 0.572. The van der Waals surface area contributed by atoms with Crippen molar-refractivity contribution in [2.24, 2.45) is 5.41 Å². The molecule has 0 amide bonds. The van der Waals surface area contributed by atoms with Crippen LogP contribution in [-0.4, -0.2) is 12.9 Å². The van der Waals surface area contributed by atoms with Gasteiger partial charge in [-0.25, -0.2) is 0 Å². The molecule has 0 aliphatic heterocycles. The number of rotatable bonds is 6. The Morgan fingerprint density at radius 1 is 1.50 bits per heavy atom. The molecule has 96 valence electrons. The molecule has 0 bridgehead atoms. The van der Waals surface area contributed by atoms with E-state index in [4.69, 9.17) is 10.00 Å². The molecule has 3 nitrogen and oxygen atoms in total. The van der Waals surface area contributed by atoms with Gasteiger partial charge in [-0.15, -0.1) is 0 Å². The van der Waals surface area contributed by atoms with Gasteiger partial charge in [0.05, 0.1) is 28.1 Å². The van der Waals surface area contributed by atoms with Gasteiger partial charge in [-0.2, -0.15) is 5.26 Å². The molecule has 0 aliphatic rings. The van der Waals surface area contributed by atoms with E-state index in [-0.39, 0.29) is 5.41 Å². The molecule has 0 unspecified atom stereocenters. The third kappa shape index (κ3) is 4.15. The molecule has 0 aromatic heterocycles. The number of carbonyl (C=O) groups excluding carboxylic acids is 1. The second kappa shape index (κ2) is 6.55. The zero-order valence-corrected chi connectivity index (χ0v) is 12.2. The Morgan fingerprint density at radius 3 is 2.83 bits per heavy atom. The van der Waals surface area contributed by atoms with Crippen LogP contribution in [-0.2, 0) is 0 Å². The van der Waals surface area contributed by atoms with Gasteiger partial charge in [0.15, 0.2) is 6.29 Å². The van der Waals surface area contributed by atoms with Crippen LogP contribution in [0.15, 0.2) is 22.7 Å². The topological polar surface area (TPSA) is 50.1 Å².